The van der Waals surface area contributed by atoms with Crippen LogP contribution in [0.2, 0.25) is 0 Å². The molecule has 0 aromatic rings. The van der Waals surface area contributed by atoms with Crippen LogP contribution in [-0.4, -0.2) is 69.5 Å². The topological polar surface area (TPSA) is 28.1 Å². The fourth-order valence-electron chi connectivity index (χ4n) is 4.35. The fourth-order valence-corrected chi connectivity index (χ4v) is 4.35. The smallest absolute Gasteiger partial charge is 0.0600 e. The van der Waals surface area contributed by atoms with Crippen LogP contribution in [0, 0.1) is 0 Å². The highest BCUT2D eigenvalue weighted by atomic mass is 16.5. The van der Waals surface area contributed by atoms with Crippen LogP contribution in [0.1, 0.15) is 117 Å². The Morgan fingerprint density at radius 2 is 1.32 bits per heavy atom. The summed E-state index contributed by atoms with van der Waals surface area (Å²) in [6.07, 6.45) is 4.41. The van der Waals surface area contributed by atoms with Crippen molar-refractivity contribution in [3.63, 3.8) is 0 Å². The fraction of sp³-hybridized carbons (Fsp3) is 0.963. The van der Waals surface area contributed by atoms with Crippen molar-refractivity contribution in [3.8, 4) is 0 Å². The Bertz CT molecular complexity index is 539. The van der Waals surface area contributed by atoms with Crippen molar-refractivity contribution < 1.29 is 4.74 Å². The number of rotatable bonds is 10. The Kier molecular flexibility index (Phi) is 11.0. The molecule has 0 aliphatic heterocycles. The first-order valence-electron chi connectivity index (χ1n) is 12.3. The Labute approximate surface area is 196 Å². The maximum atomic E-state index is 6.04. The van der Waals surface area contributed by atoms with Crippen LogP contribution in [0.4, 0.5) is 0 Å². The SMILES string of the molecule is CC(CCC(C)(C)N(CC=NC(C)(C)C)C(C)(C)C)N(CCOC(C)(C)C)C(C)(C)C. The third-order valence-corrected chi connectivity index (χ3v) is 5.72. The van der Waals surface area contributed by atoms with E-state index in [1.807, 2.05) is 0 Å². The summed E-state index contributed by atoms with van der Waals surface area (Å²) in [7, 11) is 0. The van der Waals surface area contributed by atoms with Crippen LogP contribution >= 0.6 is 0 Å². The van der Waals surface area contributed by atoms with Crippen molar-refractivity contribution in [3.05, 3.63) is 0 Å². The van der Waals surface area contributed by atoms with Gasteiger partial charge in [0, 0.05) is 42.0 Å². The van der Waals surface area contributed by atoms with Crippen LogP contribution in [0.5, 0.6) is 0 Å². The van der Waals surface area contributed by atoms with Gasteiger partial charge in [-0.15, -0.1) is 0 Å². The van der Waals surface area contributed by atoms with E-state index in [2.05, 4.69) is 120 Å². The molecule has 0 N–H and O–H groups in total. The van der Waals surface area contributed by atoms with E-state index in [1.54, 1.807) is 0 Å². The van der Waals surface area contributed by atoms with Gasteiger partial charge in [-0.05, 0) is 117 Å². The average molecular weight is 440 g/mol. The molecular formula is C27H57N3O. The van der Waals surface area contributed by atoms with Crippen LogP contribution in [0.25, 0.3) is 0 Å². The lowest BCUT2D eigenvalue weighted by atomic mass is 9.88. The molecule has 0 aromatic heterocycles. The van der Waals surface area contributed by atoms with Crippen molar-refractivity contribution in [2.75, 3.05) is 19.7 Å². The number of ether oxygens (including phenoxy) is 1. The summed E-state index contributed by atoms with van der Waals surface area (Å²) < 4.78 is 6.04. The van der Waals surface area contributed by atoms with Gasteiger partial charge >= 0.3 is 0 Å². The number of nitrogens with zero attached hydrogens (tertiary/aromatic N) is 3. The van der Waals surface area contributed by atoms with Gasteiger partial charge in [-0.1, -0.05) is 0 Å². The first-order valence-corrected chi connectivity index (χ1v) is 12.3. The Balaban J connectivity index is 5.26. The zero-order chi connectivity index (χ0) is 24.9. The molecular weight excluding hydrogens is 382 g/mol. The van der Waals surface area contributed by atoms with Crippen molar-refractivity contribution in [1.82, 2.24) is 9.80 Å². The zero-order valence-electron chi connectivity index (χ0n) is 23.9. The number of aliphatic imine (C=N–C) groups is 1. The van der Waals surface area contributed by atoms with Crippen LogP contribution < -0.4 is 0 Å². The van der Waals surface area contributed by atoms with E-state index in [-0.39, 0.29) is 27.8 Å². The van der Waals surface area contributed by atoms with Gasteiger partial charge in [0.15, 0.2) is 0 Å². The Morgan fingerprint density at radius 3 is 1.71 bits per heavy atom. The highest BCUT2D eigenvalue weighted by Gasteiger charge is 2.35. The predicted molar refractivity (Wildman–Crippen MR) is 140 cm³/mol. The lowest BCUT2D eigenvalue weighted by Crippen LogP contribution is -2.56. The molecule has 0 fully saturated rings. The summed E-state index contributed by atoms with van der Waals surface area (Å²) in [5.41, 5.74) is 0.178. The average Bonchev–Trinajstić information content (AvgIpc) is 2.49. The van der Waals surface area contributed by atoms with E-state index in [1.165, 1.54) is 0 Å². The Morgan fingerprint density at radius 1 is 0.806 bits per heavy atom. The lowest BCUT2D eigenvalue weighted by Gasteiger charge is -2.48. The van der Waals surface area contributed by atoms with E-state index in [9.17, 15) is 0 Å². The molecule has 0 amide bonds. The molecule has 0 aromatic carbocycles. The molecule has 0 saturated heterocycles. The van der Waals surface area contributed by atoms with Crippen molar-refractivity contribution in [2.24, 2.45) is 4.99 Å². The summed E-state index contributed by atoms with van der Waals surface area (Å²) >= 11 is 0. The van der Waals surface area contributed by atoms with E-state index in [0.29, 0.717) is 6.04 Å². The third-order valence-electron chi connectivity index (χ3n) is 5.72. The van der Waals surface area contributed by atoms with Gasteiger partial charge in [0.2, 0.25) is 0 Å². The van der Waals surface area contributed by atoms with Gasteiger partial charge in [0.25, 0.3) is 0 Å². The van der Waals surface area contributed by atoms with E-state index in [4.69, 9.17) is 9.73 Å². The number of hydrogen-bond acceptors (Lipinski definition) is 4. The quantitative estimate of drug-likeness (QED) is 0.350. The maximum absolute atomic E-state index is 6.04. The molecule has 4 heteroatoms. The van der Waals surface area contributed by atoms with Gasteiger partial charge in [-0.3, -0.25) is 14.8 Å². The summed E-state index contributed by atoms with van der Waals surface area (Å²) in [4.78, 5) is 9.96. The second-order valence-corrected chi connectivity index (χ2v) is 13.8. The van der Waals surface area contributed by atoms with Gasteiger partial charge in [0.05, 0.1) is 17.7 Å². The summed E-state index contributed by atoms with van der Waals surface area (Å²) in [5, 5.41) is 0. The molecule has 4 nitrogen and oxygen atoms in total. The van der Waals surface area contributed by atoms with Crippen molar-refractivity contribution in [1.29, 1.82) is 0 Å². The minimum absolute atomic E-state index is 0.0233. The first-order chi connectivity index (χ1) is 13.6. The van der Waals surface area contributed by atoms with Crippen LogP contribution in [-0.2, 0) is 4.74 Å². The molecule has 0 spiro atoms. The number of hydrogen-bond donors (Lipinski definition) is 0. The van der Waals surface area contributed by atoms with Crippen molar-refractivity contribution >= 4 is 6.21 Å². The first kappa shape index (κ1) is 30.6. The summed E-state index contributed by atoms with van der Waals surface area (Å²) in [5.74, 6) is 0. The van der Waals surface area contributed by atoms with Gasteiger partial charge < -0.3 is 4.74 Å². The van der Waals surface area contributed by atoms with E-state index in [0.717, 1.165) is 32.5 Å². The van der Waals surface area contributed by atoms with Gasteiger partial charge in [-0.2, -0.15) is 0 Å². The maximum Gasteiger partial charge on any atom is 0.0600 e. The second kappa shape index (κ2) is 11.1. The standard InChI is InChI=1S/C27H57N3O/c1-22(29(24(5,6)7)20-21-31-26(11,12)13)16-17-27(14,15)30(25(8,9)10)19-18-28-23(2,3)4/h18,22H,16-17,19-21H2,1-15H3. The summed E-state index contributed by atoms with van der Waals surface area (Å²) in [6.45, 7) is 36.5. The highest BCUT2D eigenvalue weighted by molar-refractivity contribution is 5.60. The minimum atomic E-state index is -0.0867. The molecule has 0 aliphatic carbocycles. The molecule has 0 rings (SSSR count). The minimum Gasteiger partial charge on any atom is -0.375 e. The zero-order valence-corrected chi connectivity index (χ0v) is 23.9. The molecule has 0 saturated carbocycles. The normalized spacial score (nSPS) is 16.0. The lowest BCUT2D eigenvalue weighted by molar-refractivity contribution is -0.0344. The molecule has 0 radical (unpaired) electrons. The Hall–Kier alpha value is -0.450. The molecule has 0 bridgehead atoms. The molecule has 186 valence electrons. The highest BCUT2D eigenvalue weighted by Crippen LogP contribution is 2.30. The monoisotopic (exact) mass is 439 g/mol. The predicted octanol–water partition coefficient (Wildman–Crippen LogP) is 6.82. The molecule has 0 aliphatic rings. The molecule has 0 heterocycles. The van der Waals surface area contributed by atoms with Crippen LogP contribution in [0.3, 0.4) is 0 Å². The molecule has 1 unspecified atom stereocenters. The van der Waals surface area contributed by atoms with Gasteiger partial charge in [-0.25, -0.2) is 0 Å². The third kappa shape index (κ3) is 13.0. The van der Waals surface area contributed by atoms with E-state index >= 15 is 0 Å². The molecule has 1 atom stereocenters. The molecule has 31 heavy (non-hydrogen) atoms. The van der Waals surface area contributed by atoms with Gasteiger partial charge in [0.1, 0.15) is 0 Å². The second-order valence-electron chi connectivity index (χ2n) is 13.8. The summed E-state index contributed by atoms with van der Waals surface area (Å²) in [6, 6.07) is 0.493. The van der Waals surface area contributed by atoms with Crippen molar-refractivity contribution in [2.45, 2.75) is 150 Å². The van der Waals surface area contributed by atoms with Crippen LogP contribution in [0.15, 0.2) is 4.99 Å². The van der Waals surface area contributed by atoms with E-state index < -0.39 is 0 Å². The largest absolute Gasteiger partial charge is 0.375 e.